The largest absolute Gasteiger partial charge is 0.357 e. The molecule has 1 aliphatic heterocycles. The highest BCUT2D eigenvalue weighted by Crippen LogP contribution is 2.16. The molecule has 24 heavy (non-hydrogen) atoms. The molecule has 0 spiro atoms. The van der Waals surface area contributed by atoms with Gasteiger partial charge in [0.05, 0.1) is 10.7 Å². The standard InChI is InChI=1S/C17H29N5OS/c1-4-18-17(19-9-6-12-22-11-5-7-16(22)23)20-10-8-15-21-13(2)14(3)24-15/h4-12H2,1-3H3,(H2,18,19,20). The van der Waals surface area contributed by atoms with Crippen LogP contribution in [0.25, 0.3) is 0 Å². The molecule has 0 unspecified atom stereocenters. The van der Waals surface area contributed by atoms with Crippen molar-refractivity contribution in [3.05, 3.63) is 15.6 Å². The topological polar surface area (TPSA) is 69.6 Å². The Hall–Kier alpha value is -1.63. The highest BCUT2D eigenvalue weighted by Gasteiger charge is 2.18. The Labute approximate surface area is 148 Å². The lowest BCUT2D eigenvalue weighted by atomic mass is 10.4. The molecule has 2 N–H and O–H groups in total. The summed E-state index contributed by atoms with van der Waals surface area (Å²) in [6, 6.07) is 0. The molecule has 2 rings (SSSR count). The number of aliphatic imine (C=N–C) groups is 1. The SMILES string of the molecule is CCNC(=NCCCN1CCCC1=O)NCCc1nc(C)c(C)s1. The van der Waals surface area contributed by atoms with Gasteiger partial charge in [0.1, 0.15) is 0 Å². The molecule has 1 aromatic heterocycles. The molecule has 2 heterocycles. The van der Waals surface area contributed by atoms with Crippen LogP contribution in [0.1, 0.15) is 41.8 Å². The summed E-state index contributed by atoms with van der Waals surface area (Å²) in [5.41, 5.74) is 1.13. The van der Waals surface area contributed by atoms with Gasteiger partial charge in [0.15, 0.2) is 5.96 Å². The van der Waals surface area contributed by atoms with Gasteiger partial charge in [-0.15, -0.1) is 11.3 Å². The minimum Gasteiger partial charge on any atom is -0.357 e. The van der Waals surface area contributed by atoms with E-state index in [1.165, 1.54) is 9.88 Å². The first-order valence-electron chi connectivity index (χ1n) is 8.83. The maximum atomic E-state index is 11.6. The molecule has 6 nitrogen and oxygen atoms in total. The molecule has 1 aliphatic rings. The van der Waals surface area contributed by atoms with Crippen molar-refractivity contribution < 1.29 is 4.79 Å². The Bertz CT molecular complexity index is 550. The van der Waals surface area contributed by atoms with Crippen molar-refractivity contribution in [1.29, 1.82) is 0 Å². The second-order valence-electron chi connectivity index (χ2n) is 6.02. The first-order valence-corrected chi connectivity index (χ1v) is 9.64. The highest BCUT2D eigenvalue weighted by atomic mass is 32.1. The number of guanidine groups is 1. The number of nitrogens with one attached hydrogen (secondary N) is 2. The lowest BCUT2D eigenvalue weighted by Crippen LogP contribution is -2.38. The fourth-order valence-corrected chi connectivity index (χ4v) is 3.60. The van der Waals surface area contributed by atoms with Crippen LogP contribution in [0.5, 0.6) is 0 Å². The molecule has 7 heteroatoms. The first-order chi connectivity index (χ1) is 11.6. The Morgan fingerprint density at radius 2 is 2.21 bits per heavy atom. The minimum atomic E-state index is 0.290. The van der Waals surface area contributed by atoms with E-state index in [-0.39, 0.29) is 5.91 Å². The fraction of sp³-hybridized carbons (Fsp3) is 0.706. The van der Waals surface area contributed by atoms with Crippen molar-refractivity contribution >= 4 is 23.2 Å². The summed E-state index contributed by atoms with van der Waals surface area (Å²) in [4.78, 5) is 24.0. The van der Waals surface area contributed by atoms with Gasteiger partial charge in [-0.25, -0.2) is 4.98 Å². The van der Waals surface area contributed by atoms with E-state index in [4.69, 9.17) is 0 Å². The molecule has 0 saturated carbocycles. The first kappa shape index (κ1) is 18.7. The van der Waals surface area contributed by atoms with Crippen molar-refractivity contribution in [2.45, 2.75) is 46.5 Å². The number of hydrogen-bond donors (Lipinski definition) is 2. The Balaban J connectivity index is 1.70. The molecule has 1 fully saturated rings. The van der Waals surface area contributed by atoms with Crippen LogP contribution < -0.4 is 10.6 Å². The van der Waals surface area contributed by atoms with Gasteiger partial charge < -0.3 is 15.5 Å². The summed E-state index contributed by atoms with van der Waals surface area (Å²) in [6.07, 6.45) is 3.53. The molecular formula is C17H29N5OS. The van der Waals surface area contributed by atoms with Gasteiger partial charge >= 0.3 is 0 Å². The molecule has 1 amide bonds. The van der Waals surface area contributed by atoms with E-state index >= 15 is 0 Å². The lowest BCUT2D eigenvalue weighted by molar-refractivity contribution is -0.127. The number of carbonyl (C=O) groups excluding carboxylic acids is 1. The van der Waals surface area contributed by atoms with Crippen LogP contribution in [-0.4, -0.2) is 54.5 Å². The van der Waals surface area contributed by atoms with Crippen LogP contribution in [0.4, 0.5) is 0 Å². The smallest absolute Gasteiger partial charge is 0.222 e. The number of nitrogens with zero attached hydrogens (tertiary/aromatic N) is 3. The van der Waals surface area contributed by atoms with Crippen molar-refractivity contribution in [1.82, 2.24) is 20.5 Å². The number of amides is 1. The van der Waals surface area contributed by atoms with Crippen molar-refractivity contribution in [3.8, 4) is 0 Å². The molecule has 0 atom stereocenters. The Morgan fingerprint density at radius 3 is 2.83 bits per heavy atom. The van der Waals surface area contributed by atoms with Crippen LogP contribution in [0.2, 0.25) is 0 Å². The molecule has 0 aromatic carbocycles. The predicted octanol–water partition coefficient (Wildman–Crippen LogP) is 1.87. The predicted molar refractivity (Wildman–Crippen MR) is 99.7 cm³/mol. The molecule has 0 aliphatic carbocycles. The van der Waals surface area contributed by atoms with Crippen LogP contribution >= 0.6 is 11.3 Å². The van der Waals surface area contributed by atoms with Gasteiger partial charge in [0.25, 0.3) is 0 Å². The molecule has 134 valence electrons. The van der Waals surface area contributed by atoms with Gasteiger partial charge in [-0.2, -0.15) is 0 Å². The molecular weight excluding hydrogens is 322 g/mol. The highest BCUT2D eigenvalue weighted by molar-refractivity contribution is 7.11. The third-order valence-corrected chi connectivity index (χ3v) is 5.21. The zero-order chi connectivity index (χ0) is 17.4. The van der Waals surface area contributed by atoms with Gasteiger partial charge in [0.2, 0.25) is 5.91 Å². The average Bonchev–Trinajstić information content (AvgIpc) is 3.09. The van der Waals surface area contributed by atoms with Crippen molar-refractivity contribution in [2.75, 3.05) is 32.7 Å². The van der Waals surface area contributed by atoms with Gasteiger partial charge in [-0.1, -0.05) is 0 Å². The van der Waals surface area contributed by atoms with Gasteiger partial charge in [0, 0.05) is 50.4 Å². The van der Waals surface area contributed by atoms with Crippen LogP contribution in [0.15, 0.2) is 4.99 Å². The number of carbonyl (C=O) groups is 1. The molecule has 0 bridgehead atoms. The minimum absolute atomic E-state index is 0.290. The van der Waals surface area contributed by atoms with Crippen molar-refractivity contribution in [2.24, 2.45) is 4.99 Å². The lowest BCUT2D eigenvalue weighted by Gasteiger charge is -2.15. The average molecular weight is 352 g/mol. The van der Waals surface area contributed by atoms with E-state index in [0.717, 1.165) is 63.6 Å². The van der Waals surface area contributed by atoms with Crippen molar-refractivity contribution in [3.63, 3.8) is 0 Å². The van der Waals surface area contributed by atoms with Crippen LogP contribution in [0.3, 0.4) is 0 Å². The maximum absolute atomic E-state index is 11.6. The summed E-state index contributed by atoms with van der Waals surface area (Å²) in [7, 11) is 0. The second-order valence-corrected chi connectivity index (χ2v) is 7.31. The third-order valence-electron chi connectivity index (χ3n) is 4.08. The number of likely N-dealkylation sites (tertiary alicyclic amines) is 1. The van der Waals surface area contributed by atoms with Crippen LogP contribution in [-0.2, 0) is 11.2 Å². The maximum Gasteiger partial charge on any atom is 0.222 e. The number of thiazole rings is 1. The molecule has 1 aromatic rings. The summed E-state index contributed by atoms with van der Waals surface area (Å²) < 4.78 is 0. The van der Waals surface area contributed by atoms with Crippen LogP contribution in [0, 0.1) is 13.8 Å². The number of rotatable bonds is 8. The molecule has 1 saturated heterocycles. The summed E-state index contributed by atoms with van der Waals surface area (Å²) in [5.74, 6) is 1.13. The second kappa shape index (κ2) is 9.61. The van der Waals surface area contributed by atoms with Gasteiger partial charge in [-0.05, 0) is 33.6 Å². The quantitative estimate of drug-likeness (QED) is 0.426. The zero-order valence-electron chi connectivity index (χ0n) is 15.0. The van der Waals surface area contributed by atoms with E-state index < -0.39 is 0 Å². The van der Waals surface area contributed by atoms with E-state index in [1.54, 1.807) is 11.3 Å². The van der Waals surface area contributed by atoms with E-state index in [1.807, 2.05) is 4.90 Å². The van der Waals surface area contributed by atoms with Gasteiger partial charge in [-0.3, -0.25) is 9.79 Å². The summed E-state index contributed by atoms with van der Waals surface area (Å²) >= 11 is 1.77. The summed E-state index contributed by atoms with van der Waals surface area (Å²) in [5, 5.41) is 7.79. The zero-order valence-corrected chi connectivity index (χ0v) is 15.8. The number of hydrogen-bond acceptors (Lipinski definition) is 4. The van der Waals surface area contributed by atoms with E-state index in [9.17, 15) is 4.79 Å². The molecule has 0 radical (unpaired) electrons. The van der Waals surface area contributed by atoms with E-state index in [0.29, 0.717) is 6.42 Å². The summed E-state index contributed by atoms with van der Waals surface area (Å²) in [6.45, 7) is 10.4. The monoisotopic (exact) mass is 351 g/mol. The third kappa shape index (κ3) is 5.78. The number of aromatic nitrogens is 1. The Kier molecular flexibility index (Phi) is 7.49. The fourth-order valence-electron chi connectivity index (χ4n) is 2.67. The normalized spacial score (nSPS) is 15.2. The number of aryl methyl sites for hydroxylation is 2. The Morgan fingerprint density at radius 1 is 1.38 bits per heavy atom. The van der Waals surface area contributed by atoms with E-state index in [2.05, 4.69) is 41.4 Å².